The number of fused-ring (bicyclic) bond motifs is 2. The Morgan fingerprint density at radius 2 is 1.82 bits per heavy atom. The van der Waals surface area contributed by atoms with Crippen molar-refractivity contribution in [1.29, 1.82) is 0 Å². The molecular weight excluding hydrogens is 220 g/mol. The fourth-order valence-electron chi connectivity index (χ4n) is 2.39. The van der Waals surface area contributed by atoms with Gasteiger partial charge in [0.2, 0.25) is 0 Å². The Labute approximate surface area is 101 Å². The van der Waals surface area contributed by atoms with Gasteiger partial charge in [-0.15, -0.1) is 13.1 Å². The highest BCUT2D eigenvalue weighted by atomic mass is 16.6. The number of rotatable bonds is 0. The van der Waals surface area contributed by atoms with Gasteiger partial charge in [0.15, 0.2) is 0 Å². The number of ketones is 1. The molecule has 0 radical (unpaired) electrons. The average Bonchev–Trinajstić information content (AvgIpc) is 2.12. The van der Waals surface area contributed by atoms with Crippen molar-refractivity contribution in [3.8, 4) is 0 Å². The van der Waals surface area contributed by atoms with Crippen LogP contribution in [0.1, 0.15) is 33.6 Å². The van der Waals surface area contributed by atoms with Crippen LogP contribution in [0.15, 0.2) is 0 Å². The summed E-state index contributed by atoms with van der Waals surface area (Å²) in [4.78, 5) is 25.3. The van der Waals surface area contributed by atoms with Gasteiger partial charge in [-0.05, 0) is 20.8 Å². The summed E-state index contributed by atoms with van der Waals surface area (Å²) in [5, 5.41) is 4.32. The molecule has 2 saturated heterocycles. The Hall–Kier alpha value is -1.10. The zero-order chi connectivity index (χ0) is 12.6. The predicted octanol–water partition coefficient (Wildman–Crippen LogP) is 1.71. The number of carbonyl (C=O) groups is 2. The second-order valence-corrected chi connectivity index (χ2v) is 5.73. The molecule has 2 heterocycles. The summed E-state index contributed by atoms with van der Waals surface area (Å²) in [6.07, 6.45) is 0.522. The first-order chi connectivity index (χ1) is 7.87. The largest absolute Gasteiger partial charge is 0.659 e. The van der Waals surface area contributed by atoms with Crippen molar-refractivity contribution in [3.63, 3.8) is 0 Å². The highest BCUT2D eigenvalue weighted by Gasteiger charge is 2.38. The molecule has 5 nitrogen and oxygen atoms in total. The van der Waals surface area contributed by atoms with Crippen molar-refractivity contribution >= 4 is 11.9 Å². The molecule has 5 heteroatoms. The Balaban J connectivity index is 2.09. The van der Waals surface area contributed by atoms with Crippen molar-refractivity contribution in [3.05, 3.63) is 5.32 Å². The van der Waals surface area contributed by atoms with Gasteiger partial charge < -0.3 is 15.0 Å². The highest BCUT2D eigenvalue weighted by molar-refractivity contribution is 5.83. The van der Waals surface area contributed by atoms with Gasteiger partial charge in [0, 0.05) is 24.9 Å². The minimum absolute atomic E-state index is 0.0927. The van der Waals surface area contributed by atoms with Crippen LogP contribution in [0.2, 0.25) is 0 Å². The zero-order valence-electron chi connectivity index (χ0n) is 10.6. The fraction of sp³-hybridized carbons (Fsp3) is 0.833. The molecule has 0 aromatic heterocycles. The van der Waals surface area contributed by atoms with E-state index in [-0.39, 0.29) is 24.0 Å². The first-order valence-electron chi connectivity index (χ1n) is 6.03. The summed E-state index contributed by atoms with van der Waals surface area (Å²) in [5.74, 6) is 0.231. The quantitative estimate of drug-likeness (QED) is 0.646. The first kappa shape index (κ1) is 12.4. The van der Waals surface area contributed by atoms with Crippen molar-refractivity contribution in [2.24, 2.45) is 0 Å². The molecule has 0 aliphatic carbocycles. The van der Waals surface area contributed by atoms with Gasteiger partial charge in [-0.3, -0.25) is 4.79 Å². The summed E-state index contributed by atoms with van der Waals surface area (Å²) in [6, 6.07) is -0.185. The van der Waals surface area contributed by atoms with Crippen LogP contribution in [-0.2, 0) is 9.53 Å². The van der Waals surface area contributed by atoms with Crippen LogP contribution in [0, 0.1) is 0 Å². The molecule has 2 fully saturated rings. The van der Waals surface area contributed by atoms with E-state index < -0.39 is 5.60 Å². The minimum Gasteiger partial charge on any atom is -0.659 e. The number of Topliss-reactive ketones (excluding diaryl/α,β-unsaturated/α-hetero) is 1. The lowest BCUT2D eigenvalue weighted by atomic mass is 9.92. The van der Waals surface area contributed by atoms with Gasteiger partial charge in [0.25, 0.3) is 0 Å². The zero-order valence-corrected chi connectivity index (χ0v) is 10.6. The number of carbonyl (C=O) groups excluding carboxylic acids is 2. The Morgan fingerprint density at radius 1 is 1.29 bits per heavy atom. The first-order valence-corrected chi connectivity index (χ1v) is 6.03. The monoisotopic (exact) mass is 239 g/mol. The number of nitrogens with zero attached hydrogens (tertiary/aromatic N) is 2. The lowest BCUT2D eigenvalue weighted by Crippen LogP contribution is -2.58. The van der Waals surface area contributed by atoms with Crippen LogP contribution in [0.3, 0.4) is 0 Å². The second kappa shape index (κ2) is 4.29. The van der Waals surface area contributed by atoms with Gasteiger partial charge in [-0.2, -0.15) is 0 Å². The summed E-state index contributed by atoms with van der Waals surface area (Å²) in [7, 11) is 0. The third-order valence-corrected chi connectivity index (χ3v) is 3.00. The van der Waals surface area contributed by atoms with Crippen LogP contribution in [-0.4, -0.2) is 47.6 Å². The van der Waals surface area contributed by atoms with E-state index in [1.165, 1.54) is 0 Å². The molecule has 2 unspecified atom stereocenters. The van der Waals surface area contributed by atoms with Gasteiger partial charge >= 0.3 is 6.09 Å². The standard InChI is InChI=1S/C12H19N2O3/c1-12(2,3)17-11(16)14-8-4-10(15)5-9(14)7-13-6-8/h8-9H,4-7H2,1-3H3/q-1. The molecule has 0 aromatic rings. The van der Waals surface area contributed by atoms with Crippen molar-refractivity contribution in [1.82, 2.24) is 4.90 Å². The van der Waals surface area contributed by atoms with Crippen molar-refractivity contribution < 1.29 is 14.3 Å². The molecule has 2 rings (SSSR count). The third kappa shape index (κ3) is 2.77. The van der Waals surface area contributed by atoms with Gasteiger partial charge in [-0.25, -0.2) is 4.79 Å². The molecule has 0 aromatic carbocycles. The van der Waals surface area contributed by atoms with Crippen LogP contribution in [0.4, 0.5) is 4.79 Å². The Kier molecular flexibility index (Phi) is 3.12. The SMILES string of the molecule is CC(C)(C)OC(=O)N1C2C[N-]CC1CC(=O)C2. The van der Waals surface area contributed by atoms with Crippen LogP contribution >= 0.6 is 0 Å². The Morgan fingerprint density at radius 3 is 2.29 bits per heavy atom. The smallest absolute Gasteiger partial charge is 0.410 e. The molecule has 2 atom stereocenters. The number of hydrogen-bond donors (Lipinski definition) is 0. The maximum atomic E-state index is 12.1. The molecule has 2 aliphatic rings. The molecule has 96 valence electrons. The molecule has 0 spiro atoms. The van der Waals surface area contributed by atoms with E-state index in [1.54, 1.807) is 4.90 Å². The Bertz CT molecular complexity index is 319. The second-order valence-electron chi connectivity index (χ2n) is 5.73. The minimum atomic E-state index is -0.496. The predicted molar refractivity (Wildman–Crippen MR) is 63.0 cm³/mol. The summed E-state index contributed by atoms with van der Waals surface area (Å²) >= 11 is 0. The normalized spacial score (nSPS) is 29.1. The van der Waals surface area contributed by atoms with Crippen molar-refractivity contribution in [2.75, 3.05) is 13.1 Å². The lowest BCUT2D eigenvalue weighted by Gasteiger charge is -2.51. The third-order valence-electron chi connectivity index (χ3n) is 3.00. The molecule has 0 N–H and O–H groups in total. The van der Waals surface area contributed by atoms with Gasteiger partial charge in [0.1, 0.15) is 11.4 Å². The molecule has 2 bridgehead atoms. The van der Waals surface area contributed by atoms with Gasteiger partial charge in [-0.1, -0.05) is 0 Å². The van der Waals surface area contributed by atoms with Gasteiger partial charge in [0.05, 0.1) is 0 Å². The summed E-state index contributed by atoms with van der Waals surface area (Å²) < 4.78 is 5.38. The molecule has 1 amide bonds. The fourth-order valence-corrected chi connectivity index (χ4v) is 2.39. The van der Waals surface area contributed by atoms with E-state index in [2.05, 4.69) is 5.32 Å². The highest BCUT2D eigenvalue weighted by Crippen LogP contribution is 2.29. The molecular formula is C12H19N2O3-. The van der Waals surface area contributed by atoms with Crippen LogP contribution < -0.4 is 0 Å². The van der Waals surface area contributed by atoms with E-state index in [0.29, 0.717) is 25.9 Å². The van der Waals surface area contributed by atoms with Crippen LogP contribution in [0.25, 0.3) is 5.32 Å². The lowest BCUT2D eigenvalue weighted by molar-refractivity contribution is -0.125. The van der Waals surface area contributed by atoms with E-state index in [0.717, 1.165) is 0 Å². The van der Waals surface area contributed by atoms with E-state index in [4.69, 9.17) is 4.74 Å². The molecule has 2 aliphatic heterocycles. The van der Waals surface area contributed by atoms with E-state index >= 15 is 0 Å². The van der Waals surface area contributed by atoms with Crippen LogP contribution in [0.5, 0.6) is 0 Å². The molecule has 0 saturated carbocycles. The maximum Gasteiger partial charge on any atom is 0.410 e. The number of piperazine rings is 1. The number of ether oxygens (including phenoxy) is 1. The number of piperidine rings is 1. The summed E-state index contributed by atoms with van der Waals surface area (Å²) in [6.45, 7) is 6.66. The average molecular weight is 239 g/mol. The topological polar surface area (TPSA) is 60.7 Å². The summed E-state index contributed by atoms with van der Waals surface area (Å²) in [5.41, 5.74) is -0.496. The van der Waals surface area contributed by atoms with E-state index in [9.17, 15) is 9.59 Å². The number of amides is 1. The molecule has 17 heavy (non-hydrogen) atoms. The van der Waals surface area contributed by atoms with Crippen molar-refractivity contribution in [2.45, 2.75) is 51.3 Å². The van der Waals surface area contributed by atoms with E-state index in [1.807, 2.05) is 20.8 Å². The maximum absolute atomic E-state index is 12.1. The number of hydrogen-bond acceptors (Lipinski definition) is 3.